The molecule has 0 N–H and O–H groups in total. The summed E-state index contributed by atoms with van der Waals surface area (Å²) in [5, 5.41) is 0. The van der Waals surface area contributed by atoms with Gasteiger partial charge in [0.2, 0.25) is 0 Å². The lowest BCUT2D eigenvalue weighted by Crippen LogP contribution is -2.51. The quantitative estimate of drug-likeness (QED) is 0.639. The molecule has 13 heavy (non-hydrogen) atoms. The molecule has 76 valence electrons. The molecular weight excluding hydrogens is 182 g/mol. The van der Waals surface area contributed by atoms with E-state index in [1.54, 1.807) is 0 Å². The van der Waals surface area contributed by atoms with E-state index >= 15 is 0 Å². The summed E-state index contributed by atoms with van der Waals surface area (Å²) < 4.78 is 5.45. The normalized spacial score (nSPS) is 37.6. The standard InChI is InChI=1S/C10H19NOS/c1-9-7-12-5-4-11(9)10-3-2-6-13-8-10/h9-10H,2-8H2,1H3. The minimum atomic E-state index is 0.637. The predicted octanol–water partition coefficient (Wildman–Crippen LogP) is 1.60. The van der Waals surface area contributed by atoms with Crippen molar-refractivity contribution in [2.24, 2.45) is 0 Å². The van der Waals surface area contributed by atoms with Crippen molar-refractivity contribution in [3.05, 3.63) is 0 Å². The Morgan fingerprint density at radius 3 is 3.08 bits per heavy atom. The molecule has 2 atom stereocenters. The van der Waals surface area contributed by atoms with Crippen LogP contribution in [0.4, 0.5) is 0 Å². The second-order valence-electron chi connectivity index (χ2n) is 4.03. The smallest absolute Gasteiger partial charge is 0.0619 e. The molecule has 0 aromatic heterocycles. The van der Waals surface area contributed by atoms with E-state index in [1.165, 1.54) is 24.3 Å². The second kappa shape index (κ2) is 4.67. The van der Waals surface area contributed by atoms with E-state index in [-0.39, 0.29) is 0 Å². The largest absolute Gasteiger partial charge is 0.379 e. The molecule has 0 aliphatic carbocycles. The number of nitrogens with zero attached hydrogens (tertiary/aromatic N) is 1. The monoisotopic (exact) mass is 201 g/mol. The van der Waals surface area contributed by atoms with Crippen LogP contribution in [0.15, 0.2) is 0 Å². The molecule has 2 saturated heterocycles. The van der Waals surface area contributed by atoms with Crippen LogP contribution < -0.4 is 0 Å². The molecule has 0 amide bonds. The minimum Gasteiger partial charge on any atom is -0.379 e. The maximum absolute atomic E-state index is 5.45. The van der Waals surface area contributed by atoms with Crippen molar-refractivity contribution in [1.29, 1.82) is 0 Å². The van der Waals surface area contributed by atoms with E-state index in [0.29, 0.717) is 6.04 Å². The number of hydrogen-bond donors (Lipinski definition) is 0. The van der Waals surface area contributed by atoms with Crippen LogP contribution in [-0.4, -0.2) is 48.2 Å². The number of rotatable bonds is 1. The zero-order valence-corrected chi connectivity index (χ0v) is 9.18. The fourth-order valence-corrected chi connectivity index (χ4v) is 3.44. The lowest BCUT2D eigenvalue weighted by molar-refractivity contribution is -0.0194. The molecule has 0 aromatic carbocycles. The Hall–Kier alpha value is 0.270. The highest BCUT2D eigenvalue weighted by molar-refractivity contribution is 7.99. The topological polar surface area (TPSA) is 12.5 Å². The van der Waals surface area contributed by atoms with Gasteiger partial charge < -0.3 is 4.74 Å². The molecule has 2 fully saturated rings. The van der Waals surface area contributed by atoms with Gasteiger partial charge in [0.15, 0.2) is 0 Å². The first kappa shape index (κ1) is 9.81. The Balaban J connectivity index is 1.88. The van der Waals surface area contributed by atoms with E-state index in [1.807, 2.05) is 0 Å². The van der Waals surface area contributed by atoms with Gasteiger partial charge in [0.05, 0.1) is 13.2 Å². The zero-order chi connectivity index (χ0) is 9.10. The molecule has 2 aliphatic rings. The summed E-state index contributed by atoms with van der Waals surface area (Å²) in [7, 11) is 0. The number of morpholine rings is 1. The van der Waals surface area contributed by atoms with Gasteiger partial charge >= 0.3 is 0 Å². The van der Waals surface area contributed by atoms with Gasteiger partial charge in [-0.05, 0) is 25.5 Å². The molecule has 0 bridgehead atoms. The van der Waals surface area contributed by atoms with Crippen LogP contribution in [0.1, 0.15) is 19.8 Å². The van der Waals surface area contributed by atoms with Crippen LogP contribution in [0, 0.1) is 0 Å². The molecule has 2 rings (SSSR count). The Morgan fingerprint density at radius 1 is 1.46 bits per heavy atom. The van der Waals surface area contributed by atoms with E-state index in [9.17, 15) is 0 Å². The molecule has 0 radical (unpaired) electrons. The molecule has 0 saturated carbocycles. The fourth-order valence-electron chi connectivity index (χ4n) is 2.27. The van der Waals surface area contributed by atoms with Crippen molar-refractivity contribution in [2.75, 3.05) is 31.3 Å². The SMILES string of the molecule is CC1COCCN1C1CCCSC1. The van der Waals surface area contributed by atoms with E-state index in [2.05, 4.69) is 23.6 Å². The summed E-state index contributed by atoms with van der Waals surface area (Å²) in [5.74, 6) is 2.71. The van der Waals surface area contributed by atoms with Crippen molar-refractivity contribution >= 4 is 11.8 Å². The van der Waals surface area contributed by atoms with Crippen LogP contribution in [0.3, 0.4) is 0 Å². The molecule has 2 heterocycles. The van der Waals surface area contributed by atoms with Gasteiger partial charge in [-0.1, -0.05) is 0 Å². The summed E-state index contributed by atoms with van der Waals surface area (Å²) in [4.78, 5) is 2.65. The van der Waals surface area contributed by atoms with Gasteiger partial charge in [-0.25, -0.2) is 0 Å². The van der Waals surface area contributed by atoms with Crippen LogP contribution >= 0.6 is 11.8 Å². The van der Waals surface area contributed by atoms with Gasteiger partial charge in [0.1, 0.15) is 0 Å². The average Bonchev–Trinajstić information content (AvgIpc) is 2.20. The molecule has 3 heteroatoms. The second-order valence-corrected chi connectivity index (χ2v) is 5.18. The maximum atomic E-state index is 5.45. The Bertz CT molecular complexity index is 159. The highest BCUT2D eigenvalue weighted by atomic mass is 32.2. The molecule has 2 unspecified atom stereocenters. The first-order valence-electron chi connectivity index (χ1n) is 5.29. The summed E-state index contributed by atoms with van der Waals surface area (Å²) >= 11 is 2.12. The van der Waals surface area contributed by atoms with Crippen molar-refractivity contribution in [2.45, 2.75) is 31.8 Å². The highest BCUT2D eigenvalue weighted by Gasteiger charge is 2.27. The van der Waals surface area contributed by atoms with E-state index in [4.69, 9.17) is 4.74 Å². The number of hydrogen-bond acceptors (Lipinski definition) is 3. The average molecular weight is 201 g/mol. The highest BCUT2D eigenvalue weighted by Crippen LogP contribution is 2.24. The summed E-state index contributed by atoms with van der Waals surface area (Å²) in [6, 6.07) is 1.47. The Labute approximate surface area is 85.0 Å². The Kier molecular flexibility index (Phi) is 3.52. The summed E-state index contributed by atoms with van der Waals surface area (Å²) in [6.07, 6.45) is 2.80. The summed E-state index contributed by atoms with van der Waals surface area (Å²) in [6.45, 7) is 5.30. The van der Waals surface area contributed by atoms with E-state index < -0.39 is 0 Å². The number of ether oxygens (including phenoxy) is 1. The maximum Gasteiger partial charge on any atom is 0.0619 e. The van der Waals surface area contributed by atoms with Crippen LogP contribution in [-0.2, 0) is 4.74 Å². The molecule has 0 aromatic rings. The third kappa shape index (κ3) is 2.39. The van der Waals surface area contributed by atoms with E-state index in [0.717, 1.165) is 25.8 Å². The first-order chi connectivity index (χ1) is 6.38. The molecule has 0 spiro atoms. The van der Waals surface area contributed by atoms with Crippen molar-refractivity contribution in [3.63, 3.8) is 0 Å². The summed E-state index contributed by atoms with van der Waals surface area (Å²) in [5.41, 5.74) is 0. The van der Waals surface area contributed by atoms with Gasteiger partial charge in [-0.3, -0.25) is 4.90 Å². The minimum absolute atomic E-state index is 0.637. The molecule has 2 aliphatic heterocycles. The van der Waals surface area contributed by atoms with Crippen molar-refractivity contribution in [1.82, 2.24) is 4.90 Å². The third-order valence-electron chi connectivity index (χ3n) is 3.02. The molecule has 2 nitrogen and oxygen atoms in total. The Morgan fingerprint density at radius 2 is 2.38 bits per heavy atom. The third-order valence-corrected chi connectivity index (χ3v) is 4.22. The number of thioether (sulfide) groups is 1. The van der Waals surface area contributed by atoms with Gasteiger partial charge in [-0.2, -0.15) is 11.8 Å². The lowest BCUT2D eigenvalue weighted by Gasteiger charge is -2.40. The lowest BCUT2D eigenvalue weighted by atomic mass is 10.1. The van der Waals surface area contributed by atoms with Gasteiger partial charge in [0.25, 0.3) is 0 Å². The van der Waals surface area contributed by atoms with Gasteiger partial charge in [-0.15, -0.1) is 0 Å². The fraction of sp³-hybridized carbons (Fsp3) is 1.00. The van der Waals surface area contributed by atoms with Crippen LogP contribution in [0.5, 0.6) is 0 Å². The van der Waals surface area contributed by atoms with Crippen molar-refractivity contribution in [3.8, 4) is 0 Å². The first-order valence-corrected chi connectivity index (χ1v) is 6.44. The molecular formula is C10H19NOS. The zero-order valence-electron chi connectivity index (χ0n) is 8.37. The van der Waals surface area contributed by atoms with Crippen molar-refractivity contribution < 1.29 is 4.74 Å². The van der Waals surface area contributed by atoms with Gasteiger partial charge in [0, 0.05) is 24.4 Å². The van der Waals surface area contributed by atoms with Crippen LogP contribution in [0.25, 0.3) is 0 Å². The predicted molar refractivity (Wildman–Crippen MR) is 57.3 cm³/mol. The van der Waals surface area contributed by atoms with Crippen LogP contribution in [0.2, 0.25) is 0 Å².